The van der Waals surface area contributed by atoms with Crippen molar-refractivity contribution in [3.63, 3.8) is 0 Å². The normalized spacial score (nSPS) is 10.6. The topological polar surface area (TPSA) is 154 Å². The van der Waals surface area contributed by atoms with Crippen molar-refractivity contribution in [2.75, 3.05) is 0 Å². The Hall–Kier alpha value is -11.5. The van der Waals surface area contributed by atoms with E-state index in [0.29, 0.717) is 17.2 Å². The molecule has 0 bridgehead atoms. The van der Waals surface area contributed by atoms with Crippen LogP contribution in [0.15, 0.2) is 309 Å². The van der Waals surface area contributed by atoms with E-state index in [1.165, 1.54) is 72.7 Å². The van der Waals surface area contributed by atoms with E-state index in [9.17, 15) is 8.78 Å². The molecule has 20 aromatic rings. The number of halogens is 2. The van der Waals surface area contributed by atoms with Crippen molar-refractivity contribution in [1.29, 1.82) is 0 Å². The van der Waals surface area contributed by atoms with Crippen LogP contribution in [-0.2, 0) is 102 Å². The average molecular weight is 2450 g/mol. The van der Waals surface area contributed by atoms with Gasteiger partial charge in [-0.05, 0) is 118 Å². The van der Waals surface area contributed by atoms with Crippen molar-refractivity contribution in [2.45, 2.75) is 48.5 Å². The Kier molecular flexibility index (Phi) is 29.9. The summed E-state index contributed by atoms with van der Waals surface area (Å²) in [6, 6.07) is 117. The molecule has 15 aromatic carbocycles. The van der Waals surface area contributed by atoms with Gasteiger partial charge in [0.2, 0.25) is 0 Å². The molecule has 0 fully saturated rings. The van der Waals surface area contributed by atoms with E-state index in [1.54, 1.807) is 12.1 Å². The minimum absolute atomic E-state index is 0. The van der Waals surface area contributed by atoms with Gasteiger partial charge in [0.25, 0.3) is 0 Å². The van der Waals surface area contributed by atoms with Crippen LogP contribution in [0.25, 0.3) is 139 Å². The van der Waals surface area contributed by atoms with Crippen LogP contribution in [0.2, 0.25) is 0 Å². The third-order valence-corrected chi connectivity index (χ3v) is 19.6. The first-order chi connectivity index (χ1) is 55.8. The first-order valence-electron chi connectivity index (χ1n) is 37.1. The molecule has 0 atom stereocenters. The molecule has 0 amide bonds. The van der Waals surface area contributed by atoms with Crippen molar-refractivity contribution in [1.82, 2.24) is 73.8 Å². The quantitative estimate of drug-likeness (QED) is 0.121. The molecule has 601 valence electrons. The fourth-order valence-corrected chi connectivity index (χ4v) is 14.1. The van der Waals surface area contributed by atoms with Crippen LogP contribution in [0.1, 0.15) is 40.2 Å². The molecule has 0 aliphatic heterocycles. The third-order valence-electron chi connectivity index (χ3n) is 19.6. The van der Waals surface area contributed by atoms with Gasteiger partial charge in [0.1, 0.15) is 29.1 Å². The number of nitrogens with zero attached hydrogens (tertiary/aromatic N) is 15. The van der Waals surface area contributed by atoms with Gasteiger partial charge in [-0.1, -0.05) is 216 Å². The fraction of sp³-hybridized carbons (Fsp3) is 0.0722. The van der Waals surface area contributed by atoms with E-state index in [1.807, 2.05) is 153 Å². The third kappa shape index (κ3) is 19.3. The van der Waals surface area contributed by atoms with Crippen LogP contribution in [0.3, 0.4) is 0 Å². The van der Waals surface area contributed by atoms with Crippen LogP contribution >= 0.6 is 0 Å². The van der Waals surface area contributed by atoms with Gasteiger partial charge in [-0.2, -0.15) is 25.5 Å². The molecule has 0 aliphatic carbocycles. The second-order valence-electron chi connectivity index (χ2n) is 27.2. The molecule has 0 unspecified atom stereocenters. The molecule has 0 N–H and O–H groups in total. The Bertz CT molecular complexity index is 6800. The smallest absolute Gasteiger partial charge is 0.125 e. The first-order valence-corrected chi connectivity index (χ1v) is 37.1. The van der Waals surface area contributed by atoms with Gasteiger partial charge in [0.15, 0.2) is 0 Å². The monoisotopic (exact) mass is 2450 g/mol. The molecule has 5 heterocycles. The second-order valence-corrected chi connectivity index (χ2v) is 27.2. The van der Waals surface area contributed by atoms with Gasteiger partial charge in [0.05, 0.1) is 29.1 Å². The summed E-state index contributed by atoms with van der Waals surface area (Å²) in [6.45, 7) is 13.8. The molecule has 15 nitrogen and oxygen atoms in total. The van der Waals surface area contributed by atoms with E-state index in [-0.39, 0.29) is 114 Å². The summed E-state index contributed by atoms with van der Waals surface area (Å²) in [5.41, 5.74) is 11.8. The summed E-state index contributed by atoms with van der Waals surface area (Å²) in [4.78, 5) is 0. The van der Waals surface area contributed by atoms with Gasteiger partial charge in [-0.25, -0.2) is 0 Å². The van der Waals surface area contributed by atoms with Gasteiger partial charge < -0.3 is 22.8 Å². The number of aryl methyl sites for hydroxylation is 7. The number of fused-ring (bicyclic) bond motifs is 5. The van der Waals surface area contributed by atoms with Crippen molar-refractivity contribution in [3.8, 4) is 85.4 Å². The number of benzene rings is 15. The first kappa shape index (κ1) is 88.3. The summed E-state index contributed by atoms with van der Waals surface area (Å²) < 4.78 is 36.2. The zero-order chi connectivity index (χ0) is 78.2. The fourth-order valence-electron chi connectivity index (χ4n) is 14.1. The molecule has 0 aliphatic rings. The number of para-hydroxylation sites is 3. The zero-order valence-electron chi connectivity index (χ0n) is 65.0. The summed E-state index contributed by atoms with van der Waals surface area (Å²) in [5, 5.41) is 54.7. The molecule has 22 heteroatoms. The molecule has 0 saturated heterocycles. The maximum Gasteiger partial charge on any atom is 0.125 e. The van der Waals surface area contributed by atoms with Crippen LogP contribution in [-0.4, -0.2) is 73.8 Å². The molecule has 5 aromatic heterocycles. The number of aromatic nitrogens is 15. The van der Waals surface area contributed by atoms with Gasteiger partial charge >= 0.3 is 0 Å². The molecule has 0 spiro atoms. The summed E-state index contributed by atoms with van der Waals surface area (Å²) in [5.74, 6) is 7.29. The predicted octanol–water partition coefficient (Wildman–Crippen LogP) is 21.9. The van der Waals surface area contributed by atoms with E-state index < -0.39 is 0 Å². The Labute approximate surface area is 757 Å². The van der Waals surface area contributed by atoms with E-state index in [0.717, 1.165) is 114 Å². The summed E-state index contributed by atoms with van der Waals surface area (Å²) in [7, 11) is 0. The molecule has 0 saturated carbocycles. The number of hydrogen-bond donors (Lipinski definition) is 0. The van der Waals surface area contributed by atoms with E-state index in [4.69, 9.17) is 0 Å². The molecule has 119 heavy (non-hydrogen) atoms. The molecule has 3 radical (unpaired) electrons. The number of hydrogen-bond acceptors (Lipinski definition) is 10. The predicted molar refractivity (Wildman–Crippen MR) is 449 cm³/mol. The largest absolute Gasteiger partial charge is 0.320 e. The van der Waals surface area contributed by atoms with Crippen LogP contribution in [0, 0.1) is 90.4 Å². The maximum atomic E-state index is 13.1. The van der Waals surface area contributed by atoms with Crippen molar-refractivity contribution in [3.05, 3.63) is 392 Å². The Morgan fingerprint density at radius 2 is 0.613 bits per heavy atom. The minimum Gasteiger partial charge on any atom is -0.320 e. The minimum atomic E-state index is -0.314. The van der Waals surface area contributed by atoms with Gasteiger partial charge in [0, 0.05) is 148 Å². The molecular weight excluding hydrogens is 2380 g/mol. The summed E-state index contributed by atoms with van der Waals surface area (Å²) in [6.07, 6.45) is 0. The molecular formula is C97H72F2Ir3N15Pt2-5. The summed E-state index contributed by atoms with van der Waals surface area (Å²) >= 11 is 0. The maximum absolute atomic E-state index is 13.1. The van der Waals surface area contributed by atoms with Crippen LogP contribution in [0.5, 0.6) is 0 Å². The number of rotatable bonds is 10. The average Bonchev–Trinajstić information content (AvgIpc) is 1.77. The molecule has 20 rings (SSSR count). The zero-order valence-corrected chi connectivity index (χ0v) is 76.8. The SMILES string of the molecule is Cc1cccc(C)c1-n1c(C)nnc1-c1[c-]cc(F)cc1.Cc1nnc(-c2[c-]cc(F)cc2)n1-c1ccccc1.Cc1nnc(-c2[c-]cc3ccccc3c2)n1-c1ccc2ccccc2c1.Cc1nnc(-c2[c-]cc3ccccc3c2)n1-c1cccc2ccccc12.Cc1nnc(-c2[c-]ccc3ccccc23)n1-c1ccccc1.[Ir].[Ir].[Ir].[Pt].[Pt]. The van der Waals surface area contributed by atoms with Crippen molar-refractivity contribution < 1.29 is 111 Å². The second kappa shape index (κ2) is 40.3. The van der Waals surface area contributed by atoms with Crippen molar-refractivity contribution in [2.24, 2.45) is 0 Å². The standard InChI is InChI=1S/2C23H16N3.C19H14N3.C17H15FN3.C15H11FN3.3Ir.2Pt/c1-16-24-25-23(21-11-10-17-6-2-4-8-19(17)14-21)26(16)22-13-12-18-7-3-5-9-20(18)15-22;1-16-24-25-23(20-14-13-17-7-2-3-9-19(17)15-20)26(16)22-12-6-10-18-8-4-5-11-21(18)22;1-14-20-21-19(22(14)16-10-3-2-4-11-16)18-13-7-9-15-8-5-6-12-17(15)18;1-11-5-4-6-12(2)16(11)21-13(3)19-20-17(21)14-7-9-15(18)10-8-14;1-11-17-18-15(12-7-9-13(16)10-8-12)19(11)14-5-3-2-4-6-14;;;;;/h2-10,12-15H,1H3;2-13,15H,1H3;2-12H,1H3;4-7,9-10H,1-3H3;2-7,9-10H,1H3;;;;;/q5*-1;;;;;. The Morgan fingerprint density at radius 3 is 1.12 bits per heavy atom. The van der Waals surface area contributed by atoms with Crippen LogP contribution in [0.4, 0.5) is 8.78 Å². The van der Waals surface area contributed by atoms with E-state index >= 15 is 0 Å². The van der Waals surface area contributed by atoms with Crippen molar-refractivity contribution >= 4 is 53.9 Å². The van der Waals surface area contributed by atoms with Crippen LogP contribution < -0.4 is 0 Å². The van der Waals surface area contributed by atoms with E-state index in [2.05, 4.69) is 273 Å². The van der Waals surface area contributed by atoms with Gasteiger partial charge in [-0.15, -0.1) is 167 Å². The Morgan fingerprint density at radius 1 is 0.252 bits per heavy atom. The van der Waals surface area contributed by atoms with Gasteiger partial charge in [-0.3, -0.25) is 8.78 Å². The Balaban J connectivity index is 0.000000145.